The topological polar surface area (TPSA) is 29.5 Å². The van der Waals surface area contributed by atoms with E-state index in [2.05, 4.69) is 6.92 Å². The van der Waals surface area contributed by atoms with Gasteiger partial charge in [0, 0.05) is 5.56 Å². The summed E-state index contributed by atoms with van der Waals surface area (Å²) in [7, 11) is 1.65. The van der Waals surface area contributed by atoms with Crippen molar-refractivity contribution < 1.29 is 9.84 Å². The minimum atomic E-state index is -0.401. The molecular weight excluding hydrogens is 224 g/mol. The lowest BCUT2D eigenvalue weighted by atomic mass is 10.00. The van der Waals surface area contributed by atoms with Crippen molar-refractivity contribution in [3.05, 3.63) is 29.3 Å². The van der Waals surface area contributed by atoms with Crippen molar-refractivity contribution in [3.63, 3.8) is 0 Å². The third-order valence-electron chi connectivity index (χ3n) is 3.33. The van der Waals surface area contributed by atoms with Gasteiger partial charge in [0.2, 0.25) is 0 Å². The van der Waals surface area contributed by atoms with Gasteiger partial charge in [0.05, 0.1) is 13.2 Å². The lowest BCUT2D eigenvalue weighted by molar-refractivity contribution is 0.159. The van der Waals surface area contributed by atoms with E-state index in [-0.39, 0.29) is 0 Å². The number of methoxy groups -OCH3 is 1. The first kappa shape index (κ1) is 15.0. The summed E-state index contributed by atoms with van der Waals surface area (Å²) in [6, 6.07) is 5.97. The number of rotatable bonds is 8. The number of aryl methyl sites for hydroxylation is 1. The minimum Gasteiger partial charge on any atom is -0.496 e. The lowest BCUT2D eigenvalue weighted by Gasteiger charge is -2.15. The number of aliphatic hydroxyl groups excluding tert-OH is 1. The number of benzene rings is 1. The number of ether oxygens (including phenoxy) is 1. The van der Waals surface area contributed by atoms with Gasteiger partial charge in [0.1, 0.15) is 5.75 Å². The Bertz CT molecular complexity index is 347. The summed E-state index contributed by atoms with van der Waals surface area (Å²) < 4.78 is 5.31. The predicted molar refractivity (Wildman–Crippen MR) is 76.1 cm³/mol. The molecule has 1 aromatic rings. The number of unbranched alkanes of at least 4 members (excludes halogenated alkanes) is 4. The van der Waals surface area contributed by atoms with Crippen molar-refractivity contribution in [1.82, 2.24) is 0 Å². The Morgan fingerprint density at radius 1 is 1.17 bits per heavy atom. The van der Waals surface area contributed by atoms with Crippen molar-refractivity contribution in [2.24, 2.45) is 0 Å². The number of hydrogen-bond acceptors (Lipinski definition) is 2. The van der Waals surface area contributed by atoms with E-state index in [1.807, 2.05) is 25.1 Å². The highest BCUT2D eigenvalue weighted by Gasteiger charge is 2.12. The van der Waals surface area contributed by atoms with E-state index in [1.165, 1.54) is 25.7 Å². The van der Waals surface area contributed by atoms with Crippen LogP contribution in [-0.2, 0) is 0 Å². The van der Waals surface area contributed by atoms with Gasteiger partial charge in [-0.05, 0) is 25.5 Å². The molecule has 102 valence electrons. The van der Waals surface area contributed by atoms with Gasteiger partial charge in [-0.15, -0.1) is 0 Å². The molecule has 0 amide bonds. The van der Waals surface area contributed by atoms with Crippen LogP contribution in [0.4, 0.5) is 0 Å². The summed E-state index contributed by atoms with van der Waals surface area (Å²) in [5, 5.41) is 10.2. The van der Waals surface area contributed by atoms with Crippen LogP contribution in [0.2, 0.25) is 0 Å². The van der Waals surface area contributed by atoms with Crippen LogP contribution in [0.15, 0.2) is 18.2 Å². The largest absolute Gasteiger partial charge is 0.496 e. The second-order valence-corrected chi connectivity index (χ2v) is 4.96. The molecule has 0 heterocycles. The fourth-order valence-corrected chi connectivity index (χ4v) is 2.21. The highest BCUT2D eigenvalue weighted by atomic mass is 16.5. The van der Waals surface area contributed by atoms with Gasteiger partial charge in [-0.25, -0.2) is 0 Å². The molecule has 2 nitrogen and oxygen atoms in total. The van der Waals surface area contributed by atoms with Crippen LogP contribution in [0.25, 0.3) is 0 Å². The van der Waals surface area contributed by atoms with Crippen LogP contribution in [0.3, 0.4) is 0 Å². The van der Waals surface area contributed by atoms with E-state index in [0.29, 0.717) is 0 Å². The SMILES string of the molecule is CCCCCCCC(O)c1cc(C)ccc1OC. The first-order chi connectivity index (χ1) is 8.69. The second-order valence-electron chi connectivity index (χ2n) is 4.96. The zero-order valence-corrected chi connectivity index (χ0v) is 11.9. The van der Waals surface area contributed by atoms with Crippen LogP contribution in [-0.4, -0.2) is 12.2 Å². The zero-order valence-electron chi connectivity index (χ0n) is 11.9. The maximum atomic E-state index is 10.2. The molecule has 0 saturated carbocycles. The first-order valence-corrected chi connectivity index (χ1v) is 7.01. The quantitative estimate of drug-likeness (QED) is 0.693. The van der Waals surface area contributed by atoms with Gasteiger partial charge in [0.15, 0.2) is 0 Å². The van der Waals surface area contributed by atoms with Crippen molar-refractivity contribution in [3.8, 4) is 5.75 Å². The second kappa shape index (κ2) is 8.15. The number of aliphatic hydroxyl groups is 1. The van der Waals surface area contributed by atoms with E-state index < -0.39 is 6.10 Å². The molecule has 2 heteroatoms. The average Bonchev–Trinajstić information content (AvgIpc) is 2.38. The van der Waals surface area contributed by atoms with Crippen LogP contribution in [0, 0.1) is 6.92 Å². The van der Waals surface area contributed by atoms with Gasteiger partial charge in [-0.2, -0.15) is 0 Å². The summed E-state index contributed by atoms with van der Waals surface area (Å²) in [6.45, 7) is 4.25. The normalized spacial score (nSPS) is 12.4. The predicted octanol–water partition coefficient (Wildman–Crippen LogP) is 4.40. The Morgan fingerprint density at radius 3 is 2.56 bits per heavy atom. The molecule has 0 aromatic heterocycles. The average molecular weight is 250 g/mol. The Hall–Kier alpha value is -1.02. The van der Waals surface area contributed by atoms with Gasteiger partial charge >= 0.3 is 0 Å². The van der Waals surface area contributed by atoms with Crippen LogP contribution in [0.1, 0.15) is 62.7 Å². The third-order valence-corrected chi connectivity index (χ3v) is 3.33. The molecule has 0 spiro atoms. The molecule has 0 bridgehead atoms. The molecule has 18 heavy (non-hydrogen) atoms. The third kappa shape index (κ3) is 4.69. The molecule has 0 radical (unpaired) electrons. The molecule has 0 fully saturated rings. The van der Waals surface area contributed by atoms with Gasteiger partial charge in [-0.3, -0.25) is 0 Å². The molecule has 1 aromatic carbocycles. The van der Waals surface area contributed by atoms with E-state index in [1.54, 1.807) is 7.11 Å². The molecule has 0 aliphatic rings. The van der Waals surface area contributed by atoms with Crippen LogP contribution >= 0.6 is 0 Å². The summed E-state index contributed by atoms with van der Waals surface area (Å²) in [6.07, 6.45) is 6.54. The fourth-order valence-electron chi connectivity index (χ4n) is 2.21. The molecular formula is C16H26O2. The number of hydrogen-bond donors (Lipinski definition) is 1. The van der Waals surface area contributed by atoms with Crippen LogP contribution in [0.5, 0.6) is 5.75 Å². The molecule has 0 saturated heterocycles. The van der Waals surface area contributed by atoms with Crippen molar-refractivity contribution in [1.29, 1.82) is 0 Å². The Morgan fingerprint density at radius 2 is 1.89 bits per heavy atom. The van der Waals surface area contributed by atoms with Gasteiger partial charge in [0.25, 0.3) is 0 Å². The summed E-state index contributed by atoms with van der Waals surface area (Å²) in [5.41, 5.74) is 2.09. The first-order valence-electron chi connectivity index (χ1n) is 7.01. The Kier molecular flexibility index (Phi) is 6.81. The van der Waals surface area contributed by atoms with Crippen molar-refractivity contribution >= 4 is 0 Å². The molecule has 1 N–H and O–H groups in total. The Labute approximate surface area is 111 Å². The summed E-state index contributed by atoms with van der Waals surface area (Å²) >= 11 is 0. The van der Waals surface area contributed by atoms with E-state index in [4.69, 9.17) is 4.74 Å². The molecule has 1 unspecified atom stereocenters. The highest BCUT2D eigenvalue weighted by Crippen LogP contribution is 2.29. The summed E-state index contributed by atoms with van der Waals surface area (Å²) in [4.78, 5) is 0. The standard InChI is InChI=1S/C16H26O2/c1-4-5-6-7-8-9-15(17)14-12-13(2)10-11-16(14)18-3/h10-12,15,17H,4-9H2,1-3H3. The van der Waals surface area contributed by atoms with E-state index >= 15 is 0 Å². The maximum absolute atomic E-state index is 10.2. The molecule has 0 aliphatic carbocycles. The van der Waals surface area contributed by atoms with E-state index in [9.17, 15) is 5.11 Å². The van der Waals surface area contributed by atoms with Gasteiger partial charge < -0.3 is 9.84 Å². The monoisotopic (exact) mass is 250 g/mol. The maximum Gasteiger partial charge on any atom is 0.124 e. The smallest absolute Gasteiger partial charge is 0.124 e. The molecule has 1 rings (SSSR count). The lowest BCUT2D eigenvalue weighted by Crippen LogP contribution is -2.01. The fraction of sp³-hybridized carbons (Fsp3) is 0.625. The summed E-state index contributed by atoms with van der Waals surface area (Å²) in [5.74, 6) is 0.793. The minimum absolute atomic E-state index is 0.401. The van der Waals surface area contributed by atoms with Crippen molar-refractivity contribution in [2.45, 2.75) is 58.5 Å². The van der Waals surface area contributed by atoms with Crippen LogP contribution < -0.4 is 4.74 Å². The molecule has 0 aliphatic heterocycles. The Balaban J connectivity index is 2.49. The zero-order chi connectivity index (χ0) is 13.4. The van der Waals surface area contributed by atoms with Crippen molar-refractivity contribution in [2.75, 3.05) is 7.11 Å². The molecule has 1 atom stereocenters. The highest BCUT2D eigenvalue weighted by molar-refractivity contribution is 5.38. The van der Waals surface area contributed by atoms with Gasteiger partial charge in [-0.1, -0.05) is 50.7 Å². The van der Waals surface area contributed by atoms with E-state index in [0.717, 1.165) is 29.7 Å².